The Morgan fingerprint density at radius 3 is 1.97 bits per heavy atom. The number of hydrogen-bond acceptors (Lipinski definition) is 6. The normalized spacial score (nSPS) is 11.6. The third kappa shape index (κ3) is 6.14. The van der Waals surface area contributed by atoms with Gasteiger partial charge in [0.25, 0.3) is 0 Å². The predicted octanol–water partition coefficient (Wildman–Crippen LogP) is 4.36. The van der Waals surface area contributed by atoms with Gasteiger partial charge in [-0.2, -0.15) is 0 Å². The van der Waals surface area contributed by atoms with Crippen molar-refractivity contribution in [2.45, 2.75) is 20.8 Å². The Labute approximate surface area is 196 Å². The molecule has 33 heavy (non-hydrogen) atoms. The maximum Gasteiger partial charge on any atom is 0.367 e. The lowest BCUT2D eigenvalue weighted by molar-refractivity contribution is -0.916. The molecule has 2 rings (SSSR count). The molecule has 7 nitrogen and oxygen atoms in total. The van der Waals surface area contributed by atoms with Crippen molar-refractivity contribution in [3.8, 4) is 17.2 Å². The maximum atomic E-state index is 13.6. The Hall–Kier alpha value is -3.32. The Morgan fingerprint density at radius 2 is 1.45 bits per heavy atom. The molecule has 0 spiro atoms. The van der Waals surface area contributed by atoms with Gasteiger partial charge < -0.3 is 23.4 Å². The van der Waals surface area contributed by atoms with Gasteiger partial charge in [0, 0.05) is 0 Å². The Kier molecular flexibility index (Phi) is 9.48. The standard InChI is InChI=1S/C26H34NO6/c1-7-27(8-2,9-3)18-23(28)33-20-15-16-21(30-4)26(32-6)24(20)25(29)22(31-5)17-19-13-11-10-12-14-19/h10-17H,7-9,18H2,1-6H3/q+1. The van der Waals surface area contributed by atoms with E-state index in [9.17, 15) is 9.59 Å². The minimum Gasteiger partial charge on any atom is -0.493 e. The van der Waals surface area contributed by atoms with Crippen molar-refractivity contribution in [2.24, 2.45) is 0 Å². The van der Waals surface area contributed by atoms with Crippen molar-refractivity contribution in [3.63, 3.8) is 0 Å². The number of ketones is 1. The van der Waals surface area contributed by atoms with Gasteiger partial charge in [-0.15, -0.1) is 0 Å². The fourth-order valence-electron chi connectivity index (χ4n) is 3.68. The van der Waals surface area contributed by atoms with Crippen molar-refractivity contribution in [2.75, 3.05) is 47.5 Å². The highest BCUT2D eigenvalue weighted by atomic mass is 16.5. The Bertz CT molecular complexity index is 972. The van der Waals surface area contributed by atoms with Crippen LogP contribution in [0.3, 0.4) is 0 Å². The van der Waals surface area contributed by atoms with Gasteiger partial charge in [-0.05, 0) is 44.5 Å². The monoisotopic (exact) mass is 456 g/mol. The molecule has 0 fully saturated rings. The molecule has 0 N–H and O–H groups in total. The SMILES string of the molecule is CC[N+](CC)(CC)CC(=O)Oc1ccc(OC)c(OC)c1C(=O)C(=Cc1ccccc1)OC. The molecule has 0 saturated carbocycles. The summed E-state index contributed by atoms with van der Waals surface area (Å²) >= 11 is 0. The molecular formula is C26H34NO6+. The smallest absolute Gasteiger partial charge is 0.367 e. The van der Waals surface area contributed by atoms with Crippen LogP contribution in [-0.2, 0) is 9.53 Å². The lowest BCUT2D eigenvalue weighted by Gasteiger charge is -2.34. The summed E-state index contributed by atoms with van der Waals surface area (Å²) in [5.74, 6) is -0.219. The van der Waals surface area contributed by atoms with E-state index in [4.69, 9.17) is 18.9 Å². The van der Waals surface area contributed by atoms with Gasteiger partial charge in [-0.3, -0.25) is 4.79 Å². The number of carbonyl (C=O) groups is 2. The Morgan fingerprint density at radius 1 is 0.848 bits per heavy atom. The van der Waals surface area contributed by atoms with Crippen LogP contribution >= 0.6 is 0 Å². The van der Waals surface area contributed by atoms with Crippen LogP contribution < -0.4 is 14.2 Å². The number of esters is 1. The van der Waals surface area contributed by atoms with Crippen LogP contribution in [0.1, 0.15) is 36.7 Å². The summed E-state index contributed by atoms with van der Waals surface area (Å²) in [5, 5.41) is 0. The molecule has 0 atom stereocenters. The molecule has 0 saturated heterocycles. The molecule has 0 aliphatic carbocycles. The van der Waals surface area contributed by atoms with E-state index in [2.05, 4.69) is 0 Å². The number of rotatable bonds is 12. The van der Waals surface area contributed by atoms with Crippen LogP contribution in [0.5, 0.6) is 17.2 Å². The van der Waals surface area contributed by atoms with E-state index in [1.165, 1.54) is 21.3 Å². The van der Waals surface area contributed by atoms with Gasteiger partial charge in [0.1, 0.15) is 11.3 Å². The first kappa shape index (κ1) is 25.9. The molecule has 0 bridgehead atoms. The van der Waals surface area contributed by atoms with Crippen molar-refractivity contribution in [1.29, 1.82) is 0 Å². The number of carbonyl (C=O) groups excluding carboxylic acids is 2. The lowest BCUT2D eigenvalue weighted by Crippen LogP contribution is -2.51. The van der Waals surface area contributed by atoms with E-state index in [1.807, 2.05) is 51.1 Å². The number of methoxy groups -OCH3 is 3. The molecule has 0 aliphatic rings. The number of ether oxygens (including phenoxy) is 4. The van der Waals surface area contributed by atoms with Crippen LogP contribution in [0.15, 0.2) is 48.2 Å². The Balaban J connectivity index is 2.52. The van der Waals surface area contributed by atoms with Crippen LogP contribution in [0.4, 0.5) is 0 Å². The fourth-order valence-corrected chi connectivity index (χ4v) is 3.68. The van der Waals surface area contributed by atoms with Crippen molar-refractivity contribution in [1.82, 2.24) is 0 Å². The number of likely N-dealkylation sites (N-methyl/N-ethyl adjacent to an activating group) is 1. The van der Waals surface area contributed by atoms with Crippen molar-refractivity contribution >= 4 is 17.8 Å². The summed E-state index contributed by atoms with van der Waals surface area (Å²) in [5.41, 5.74) is 0.857. The minimum absolute atomic E-state index is 0.0665. The summed E-state index contributed by atoms with van der Waals surface area (Å²) in [6, 6.07) is 12.5. The first-order chi connectivity index (χ1) is 15.9. The zero-order chi connectivity index (χ0) is 24.4. The number of quaternary nitrogens is 1. The van der Waals surface area contributed by atoms with Crippen LogP contribution in [0.2, 0.25) is 0 Å². The van der Waals surface area contributed by atoms with Gasteiger partial charge in [0.05, 0.1) is 41.0 Å². The highest BCUT2D eigenvalue weighted by molar-refractivity contribution is 6.14. The average Bonchev–Trinajstić information content (AvgIpc) is 2.85. The first-order valence-electron chi connectivity index (χ1n) is 11.0. The van der Waals surface area contributed by atoms with Gasteiger partial charge in [-0.25, -0.2) is 4.79 Å². The molecule has 2 aromatic carbocycles. The number of benzene rings is 2. The summed E-state index contributed by atoms with van der Waals surface area (Å²) in [6.45, 7) is 8.73. The lowest BCUT2D eigenvalue weighted by atomic mass is 10.0. The quantitative estimate of drug-likeness (QED) is 0.118. The number of allylic oxidation sites excluding steroid dienone is 1. The van der Waals surface area contributed by atoms with Crippen molar-refractivity contribution < 1.29 is 33.0 Å². The van der Waals surface area contributed by atoms with Gasteiger partial charge >= 0.3 is 5.97 Å². The van der Waals surface area contributed by atoms with Crippen LogP contribution in [-0.4, -0.2) is 63.7 Å². The zero-order valence-electron chi connectivity index (χ0n) is 20.3. The topological polar surface area (TPSA) is 71.1 Å². The second kappa shape index (κ2) is 12.1. The third-order valence-corrected chi connectivity index (χ3v) is 5.98. The summed E-state index contributed by atoms with van der Waals surface area (Å²) in [7, 11) is 4.33. The van der Waals surface area contributed by atoms with Crippen LogP contribution in [0, 0.1) is 0 Å². The molecule has 0 aliphatic heterocycles. The summed E-state index contributed by atoms with van der Waals surface area (Å²) in [6.07, 6.45) is 1.63. The largest absolute Gasteiger partial charge is 0.493 e. The van der Waals surface area contributed by atoms with Crippen LogP contribution in [0.25, 0.3) is 6.08 Å². The average molecular weight is 457 g/mol. The molecular weight excluding hydrogens is 422 g/mol. The van der Waals surface area contributed by atoms with E-state index in [0.717, 1.165) is 25.2 Å². The molecule has 0 radical (unpaired) electrons. The van der Waals surface area contributed by atoms with Gasteiger partial charge in [0.15, 0.2) is 23.8 Å². The molecule has 7 heteroatoms. The number of nitrogens with zero attached hydrogens (tertiary/aromatic N) is 1. The summed E-state index contributed by atoms with van der Waals surface area (Å²) in [4.78, 5) is 26.5. The molecule has 0 heterocycles. The third-order valence-electron chi connectivity index (χ3n) is 5.98. The second-order valence-corrected chi connectivity index (χ2v) is 7.55. The zero-order valence-corrected chi connectivity index (χ0v) is 20.3. The second-order valence-electron chi connectivity index (χ2n) is 7.55. The minimum atomic E-state index is -0.484. The first-order valence-corrected chi connectivity index (χ1v) is 11.0. The fraction of sp³-hybridized carbons (Fsp3) is 0.385. The van der Waals surface area contributed by atoms with Gasteiger partial charge in [0.2, 0.25) is 5.78 Å². The van der Waals surface area contributed by atoms with E-state index in [0.29, 0.717) is 10.2 Å². The van der Waals surface area contributed by atoms with E-state index in [1.54, 1.807) is 18.2 Å². The molecule has 178 valence electrons. The summed E-state index contributed by atoms with van der Waals surface area (Å²) < 4.78 is 22.6. The molecule has 0 aromatic heterocycles. The highest BCUT2D eigenvalue weighted by Gasteiger charge is 2.30. The van der Waals surface area contributed by atoms with E-state index < -0.39 is 11.8 Å². The van der Waals surface area contributed by atoms with Crippen molar-refractivity contribution in [3.05, 3.63) is 59.4 Å². The molecule has 0 amide bonds. The maximum absolute atomic E-state index is 13.6. The van der Waals surface area contributed by atoms with E-state index in [-0.39, 0.29) is 29.4 Å². The number of hydrogen-bond donors (Lipinski definition) is 0. The van der Waals surface area contributed by atoms with E-state index >= 15 is 0 Å². The molecule has 0 unspecified atom stereocenters. The number of Topliss-reactive ketones (excluding diaryl/α,β-unsaturated/α-hetero) is 1. The highest BCUT2D eigenvalue weighted by Crippen LogP contribution is 2.39. The molecule has 2 aromatic rings. The predicted molar refractivity (Wildman–Crippen MR) is 128 cm³/mol. The van der Waals surface area contributed by atoms with Gasteiger partial charge in [-0.1, -0.05) is 30.3 Å².